The fraction of sp³-hybridized carbons (Fsp3) is 0.250. The molecule has 112 valence electrons. The van der Waals surface area contributed by atoms with Crippen molar-refractivity contribution < 1.29 is 19.0 Å². The molecular formula is C16H18FNO3. The molecule has 2 rings (SSSR count). The molecule has 0 amide bonds. The van der Waals surface area contributed by atoms with Gasteiger partial charge in [0.15, 0.2) is 0 Å². The quantitative estimate of drug-likeness (QED) is 0.769. The van der Waals surface area contributed by atoms with Crippen molar-refractivity contribution in [2.45, 2.75) is 6.54 Å². The number of phenolic OH excluding ortho intramolecular Hbond substituents is 1. The van der Waals surface area contributed by atoms with E-state index in [-0.39, 0.29) is 5.75 Å². The van der Waals surface area contributed by atoms with Gasteiger partial charge in [0.25, 0.3) is 0 Å². The van der Waals surface area contributed by atoms with E-state index in [9.17, 15) is 9.50 Å². The summed E-state index contributed by atoms with van der Waals surface area (Å²) in [6.45, 7) is 1.42. The minimum atomic E-state index is -0.455. The maximum absolute atomic E-state index is 13.2. The summed E-state index contributed by atoms with van der Waals surface area (Å²) in [6.07, 6.45) is 0. The molecule has 0 unspecified atom stereocenters. The average molecular weight is 291 g/mol. The molecule has 0 saturated carbocycles. The number of anilines is 1. The van der Waals surface area contributed by atoms with Crippen molar-refractivity contribution in [3.05, 3.63) is 53.8 Å². The van der Waals surface area contributed by atoms with Crippen LogP contribution in [0, 0.1) is 5.82 Å². The highest BCUT2D eigenvalue weighted by Gasteiger charge is 2.01. The van der Waals surface area contributed by atoms with Crippen molar-refractivity contribution in [1.82, 2.24) is 0 Å². The predicted molar refractivity (Wildman–Crippen MR) is 79.2 cm³/mol. The fourth-order valence-corrected chi connectivity index (χ4v) is 1.88. The molecule has 21 heavy (non-hydrogen) atoms. The van der Waals surface area contributed by atoms with Crippen LogP contribution in [-0.2, 0) is 11.3 Å². The normalized spacial score (nSPS) is 10.4. The minimum Gasteiger partial charge on any atom is -0.508 e. The van der Waals surface area contributed by atoms with Gasteiger partial charge in [-0.05, 0) is 29.8 Å². The molecule has 4 nitrogen and oxygen atoms in total. The number of benzene rings is 2. The average Bonchev–Trinajstić information content (AvgIpc) is 2.45. The highest BCUT2D eigenvalue weighted by Crippen LogP contribution is 2.19. The molecule has 0 fully saturated rings. The lowest BCUT2D eigenvalue weighted by molar-refractivity contribution is 0.146. The molecule has 0 saturated heterocycles. The SMILES string of the molecule is COCCOc1cccc(NCc2cc(O)cc(F)c2)c1. The number of aromatic hydroxyl groups is 1. The van der Waals surface area contributed by atoms with Gasteiger partial charge in [0, 0.05) is 31.5 Å². The van der Waals surface area contributed by atoms with Gasteiger partial charge in [0.05, 0.1) is 6.61 Å². The minimum absolute atomic E-state index is 0.0801. The Morgan fingerprint density at radius 2 is 2.00 bits per heavy atom. The van der Waals surface area contributed by atoms with E-state index >= 15 is 0 Å². The molecule has 2 aromatic rings. The van der Waals surface area contributed by atoms with E-state index in [1.807, 2.05) is 24.3 Å². The van der Waals surface area contributed by atoms with Gasteiger partial charge in [0.2, 0.25) is 0 Å². The van der Waals surface area contributed by atoms with Crippen LogP contribution < -0.4 is 10.1 Å². The van der Waals surface area contributed by atoms with Gasteiger partial charge < -0.3 is 19.9 Å². The Bertz CT molecular complexity index is 569. The van der Waals surface area contributed by atoms with Crippen LogP contribution in [0.25, 0.3) is 0 Å². The van der Waals surface area contributed by atoms with Crippen LogP contribution >= 0.6 is 0 Å². The first kappa shape index (κ1) is 15.1. The molecule has 0 bridgehead atoms. The second kappa shape index (κ2) is 7.50. The van der Waals surface area contributed by atoms with E-state index in [0.717, 1.165) is 17.5 Å². The zero-order chi connectivity index (χ0) is 15.1. The van der Waals surface area contributed by atoms with Crippen LogP contribution in [0.4, 0.5) is 10.1 Å². The number of rotatable bonds is 7. The van der Waals surface area contributed by atoms with E-state index in [1.54, 1.807) is 7.11 Å². The van der Waals surface area contributed by atoms with E-state index in [2.05, 4.69) is 5.32 Å². The number of ether oxygens (including phenoxy) is 2. The Morgan fingerprint density at radius 3 is 2.76 bits per heavy atom. The summed E-state index contributed by atoms with van der Waals surface area (Å²) in [4.78, 5) is 0. The van der Waals surface area contributed by atoms with E-state index < -0.39 is 5.82 Å². The number of hydrogen-bond donors (Lipinski definition) is 2. The molecule has 0 aliphatic carbocycles. The highest BCUT2D eigenvalue weighted by molar-refractivity contribution is 5.48. The van der Waals surface area contributed by atoms with Crippen molar-refractivity contribution in [1.29, 1.82) is 0 Å². The Morgan fingerprint density at radius 1 is 1.14 bits per heavy atom. The molecule has 0 spiro atoms. The maximum Gasteiger partial charge on any atom is 0.127 e. The summed E-state index contributed by atoms with van der Waals surface area (Å²) in [6, 6.07) is 11.5. The summed E-state index contributed by atoms with van der Waals surface area (Å²) in [5, 5.41) is 12.5. The summed E-state index contributed by atoms with van der Waals surface area (Å²) < 4.78 is 23.6. The highest BCUT2D eigenvalue weighted by atomic mass is 19.1. The Hall–Kier alpha value is -2.27. The van der Waals surface area contributed by atoms with Crippen molar-refractivity contribution >= 4 is 5.69 Å². The molecule has 0 aliphatic heterocycles. The van der Waals surface area contributed by atoms with Crippen molar-refractivity contribution in [3.63, 3.8) is 0 Å². The number of phenols is 1. The largest absolute Gasteiger partial charge is 0.508 e. The number of hydrogen-bond acceptors (Lipinski definition) is 4. The molecule has 5 heteroatoms. The second-order valence-corrected chi connectivity index (χ2v) is 4.54. The van der Waals surface area contributed by atoms with E-state index in [1.165, 1.54) is 12.1 Å². The third-order valence-corrected chi connectivity index (χ3v) is 2.83. The van der Waals surface area contributed by atoms with Crippen LogP contribution in [0.2, 0.25) is 0 Å². The van der Waals surface area contributed by atoms with Crippen LogP contribution in [0.3, 0.4) is 0 Å². The standard InChI is InChI=1S/C16H18FNO3/c1-20-5-6-21-16-4-2-3-14(10-16)18-11-12-7-13(17)9-15(19)8-12/h2-4,7-10,18-19H,5-6,11H2,1H3. The molecule has 2 aromatic carbocycles. The molecular weight excluding hydrogens is 273 g/mol. The smallest absolute Gasteiger partial charge is 0.127 e. The van der Waals surface area contributed by atoms with Gasteiger partial charge >= 0.3 is 0 Å². The topological polar surface area (TPSA) is 50.7 Å². The van der Waals surface area contributed by atoms with Gasteiger partial charge in [0.1, 0.15) is 23.9 Å². The van der Waals surface area contributed by atoms with E-state index in [0.29, 0.717) is 25.3 Å². The number of halogens is 1. The van der Waals surface area contributed by atoms with E-state index in [4.69, 9.17) is 9.47 Å². The lowest BCUT2D eigenvalue weighted by Crippen LogP contribution is -2.05. The van der Waals surface area contributed by atoms with Crippen LogP contribution in [-0.4, -0.2) is 25.4 Å². The molecule has 0 heterocycles. The number of methoxy groups -OCH3 is 1. The second-order valence-electron chi connectivity index (χ2n) is 4.54. The van der Waals surface area contributed by atoms with Crippen LogP contribution in [0.5, 0.6) is 11.5 Å². The van der Waals surface area contributed by atoms with Gasteiger partial charge in [-0.15, -0.1) is 0 Å². The summed E-state index contributed by atoms with van der Waals surface area (Å²) in [7, 11) is 1.62. The first-order chi connectivity index (χ1) is 10.2. The zero-order valence-corrected chi connectivity index (χ0v) is 11.8. The van der Waals surface area contributed by atoms with Crippen LogP contribution in [0.15, 0.2) is 42.5 Å². The molecule has 0 aromatic heterocycles. The molecule has 0 atom stereocenters. The molecule has 2 N–H and O–H groups in total. The maximum atomic E-state index is 13.2. The lowest BCUT2D eigenvalue weighted by atomic mass is 10.2. The third-order valence-electron chi connectivity index (χ3n) is 2.83. The molecule has 0 radical (unpaired) electrons. The Labute approximate surface area is 123 Å². The van der Waals surface area contributed by atoms with Crippen LogP contribution in [0.1, 0.15) is 5.56 Å². The Balaban J connectivity index is 1.94. The summed E-state index contributed by atoms with van der Waals surface area (Å²) >= 11 is 0. The monoisotopic (exact) mass is 291 g/mol. The summed E-state index contributed by atoms with van der Waals surface area (Å²) in [5.41, 5.74) is 1.52. The molecule has 0 aliphatic rings. The number of nitrogens with one attached hydrogen (secondary N) is 1. The third kappa shape index (κ3) is 4.96. The zero-order valence-electron chi connectivity index (χ0n) is 11.8. The Kier molecular flexibility index (Phi) is 5.40. The van der Waals surface area contributed by atoms with Gasteiger partial charge in [-0.1, -0.05) is 6.07 Å². The fourth-order valence-electron chi connectivity index (χ4n) is 1.88. The lowest BCUT2D eigenvalue weighted by Gasteiger charge is -2.10. The van der Waals surface area contributed by atoms with Gasteiger partial charge in [-0.3, -0.25) is 0 Å². The predicted octanol–water partition coefficient (Wildman–Crippen LogP) is 3.17. The van der Waals surface area contributed by atoms with Crippen molar-refractivity contribution in [2.75, 3.05) is 25.6 Å². The van der Waals surface area contributed by atoms with Crippen molar-refractivity contribution in [3.8, 4) is 11.5 Å². The van der Waals surface area contributed by atoms with Gasteiger partial charge in [-0.2, -0.15) is 0 Å². The van der Waals surface area contributed by atoms with Gasteiger partial charge in [-0.25, -0.2) is 4.39 Å². The summed E-state index contributed by atoms with van der Waals surface area (Å²) in [5.74, 6) is 0.200. The van der Waals surface area contributed by atoms with Crippen molar-refractivity contribution in [2.24, 2.45) is 0 Å². The first-order valence-electron chi connectivity index (χ1n) is 6.61. The first-order valence-corrected chi connectivity index (χ1v) is 6.61.